The van der Waals surface area contributed by atoms with Crippen molar-refractivity contribution in [3.63, 3.8) is 0 Å². The van der Waals surface area contributed by atoms with E-state index >= 15 is 0 Å². The zero-order valence-corrected chi connectivity index (χ0v) is 14.8. The second-order valence-corrected chi connectivity index (χ2v) is 5.72. The summed E-state index contributed by atoms with van der Waals surface area (Å²) >= 11 is 0. The lowest BCUT2D eigenvalue weighted by Crippen LogP contribution is -2.09. The molecule has 0 atom stereocenters. The molecule has 0 heterocycles. The molecule has 0 radical (unpaired) electrons. The summed E-state index contributed by atoms with van der Waals surface area (Å²) in [5, 5.41) is 0. The minimum absolute atomic E-state index is 0.121. The molecule has 4 heteroatoms. The third-order valence-corrected chi connectivity index (χ3v) is 3.90. The van der Waals surface area contributed by atoms with Gasteiger partial charge in [0.05, 0.1) is 12.7 Å². The number of carbonyl (C=O) groups excluding carboxylic acids is 2. The zero-order chi connectivity index (χ0) is 19.1. The van der Waals surface area contributed by atoms with Crippen LogP contribution in [0.2, 0.25) is 0 Å². The van der Waals surface area contributed by atoms with Crippen LogP contribution in [0.4, 0.5) is 0 Å². The number of rotatable bonds is 6. The van der Waals surface area contributed by atoms with Crippen LogP contribution < -0.4 is 9.47 Å². The first-order valence-corrected chi connectivity index (χ1v) is 8.40. The summed E-state index contributed by atoms with van der Waals surface area (Å²) in [7, 11) is 1.54. The summed E-state index contributed by atoms with van der Waals surface area (Å²) < 4.78 is 10.6. The lowest BCUT2D eigenvalue weighted by Gasteiger charge is -2.08. The molecule has 0 N–H and O–H groups in total. The van der Waals surface area contributed by atoms with Gasteiger partial charge in [0.15, 0.2) is 5.78 Å². The number of hydrogen-bond donors (Lipinski definition) is 0. The number of allylic oxidation sites excluding steroid dienone is 1. The maximum atomic E-state index is 12.4. The Hall–Kier alpha value is -3.66. The van der Waals surface area contributed by atoms with Crippen LogP contribution >= 0.6 is 0 Å². The summed E-state index contributed by atoms with van der Waals surface area (Å²) in [5.41, 5.74) is 1.62. The van der Waals surface area contributed by atoms with Crippen molar-refractivity contribution in [2.24, 2.45) is 0 Å². The van der Waals surface area contributed by atoms with E-state index in [9.17, 15) is 9.59 Å². The van der Waals surface area contributed by atoms with Gasteiger partial charge in [0.1, 0.15) is 11.5 Å². The standard InChI is InChI=1S/C23H18O4/c1-26-20-12-7-11-19(16-20)23(25)27-22-13-6-5-10-18(22)14-15-21(24)17-8-3-2-4-9-17/h2-16H,1H3/b15-14+. The molecule has 3 aromatic rings. The number of methoxy groups -OCH3 is 1. The number of carbonyl (C=O) groups is 2. The van der Waals surface area contributed by atoms with E-state index in [0.717, 1.165) is 0 Å². The van der Waals surface area contributed by atoms with Crippen LogP contribution in [0, 0.1) is 0 Å². The molecule has 0 bridgehead atoms. The molecule has 0 amide bonds. The summed E-state index contributed by atoms with van der Waals surface area (Å²) in [6.45, 7) is 0. The molecule has 0 aliphatic carbocycles. The normalized spacial score (nSPS) is 10.6. The van der Waals surface area contributed by atoms with Gasteiger partial charge in [0, 0.05) is 11.1 Å². The van der Waals surface area contributed by atoms with Gasteiger partial charge in [-0.15, -0.1) is 0 Å². The number of esters is 1. The van der Waals surface area contributed by atoms with Gasteiger partial charge in [-0.25, -0.2) is 4.79 Å². The van der Waals surface area contributed by atoms with Gasteiger partial charge in [-0.3, -0.25) is 4.79 Å². The highest BCUT2D eigenvalue weighted by molar-refractivity contribution is 6.07. The van der Waals surface area contributed by atoms with Gasteiger partial charge < -0.3 is 9.47 Å². The van der Waals surface area contributed by atoms with Crippen LogP contribution in [0.1, 0.15) is 26.3 Å². The number of para-hydroxylation sites is 1. The molecule has 0 aliphatic rings. The Morgan fingerprint density at radius 1 is 0.815 bits per heavy atom. The second-order valence-electron chi connectivity index (χ2n) is 5.72. The average molecular weight is 358 g/mol. The smallest absolute Gasteiger partial charge is 0.343 e. The van der Waals surface area contributed by atoms with Crippen molar-refractivity contribution >= 4 is 17.8 Å². The minimum atomic E-state index is -0.496. The van der Waals surface area contributed by atoms with E-state index in [4.69, 9.17) is 9.47 Å². The maximum Gasteiger partial charge on any atom is 0.343 e. The number of ether oxygens (including phenoxy) is 2. The van der Waals surface area contributed by atoms with Crippen molar-refractivity contribution in [2.45, 2.75) is 0 Å². The lowest BCUT2D eigenvalue weighted by atomic mass is 10.1. The van der Waals surface area contributed by atoms with Crippen molar-refractivity contribution in [1.82, 2.24) is 0 Å². The first-order chi connectivity index (χ1) is 13.2. The van der Waals surface area contributed by atoms with Crippen LogP contribution in [-0.4, -0.2) is 18.9 Å². The third-order valence-electron chi connectivity index (χ3n) is 3.90. The zero-order valence-electron chi connectivity index (χ0n) is 14.8. The van der Waals surface area contributed by atoms with Crippen LogP contribution in [0.15, 0.2) is 84.9 Å². The summed E-state index contributed by atoms with van der Waals surface area (Å²) in [6.07, 6.45) is 3.11. The average Bonchev–Trinajstić information content (AvgIpc) is 2.73. The van der Waals surface area contributed by atoms with Gasteiger partial charge >= 0.3 is 5.97 Å². The van der Waals surface area contributed by atoms with Gasteiger partial charge in [0.25, 0.3) is 0 Å². The molecule has 134 valence electrons. The van der Waals surface area contributed by atoms with E-state index in [1.807, 2.05) is 24.3 Å². The fourth-order valence-electron chi connectivity index (χ4n) is 2.48. The van der Waals surface area contributed by atoms with Gasteiger partial charge in [-0.1, -0.05) is 54.6 Å². The molecule has 0 aliphatic heterocycles. The Morgan fingerprint density at radius 2 is 1.52 bits per heavy atom. The van der Waals surface area contributed by atoms with Gasteiger partial charge in [-0.2, -0.15) is 0 Å². The fraction of sp³-hybridized carbons (Fsp3) is 0.0435. The van der Waals surface area contributed by atoms with Gasteiger partial charge in [-0.05, 0) is 36.4 Å². The SMILES string of the molecule is COc1cccc(C(=O)Oc2ccccc2/C=C/C(=O)c2ccccc2)c1. The van der Waals surface area contributed by atoms with Crippen molar-refractivity contribution in [2.75, 3.05) is 7.11 Å². The Kier molecular flexibility index (Phi) is 5.80. The van der Waals surface area contributed by atoms with Crippen LogP contribution in [0.3, 0.4) is 0 Å². The molecule has 0 saturated carbocycles. The molecular weight excluding hydrogens is 340 g/mol. The highest BCUT2D eigenvalue weighted by Gasteiger charge is 2.11. The summed E-state index contributed by atoms with van der Waals surface area (Å²) in [4.78, 5) is 24.7. The van der Waals surface area contributed by atoms with E-state index < -0.39 is 5.97 Å². The van der Waals surface area contributed by atoms with Crippen molar-refractivity contribution in [3.05, 3.63) is 102 Å². The molecule has 0 unspecified atom stereocenters. The van der Waals surface area contributed by atoms with Crippen molar-refractivity contribution in [1.29, 1.82) is 0 Å². The van der Waals surface area contributed by atoms with Crippen LogP contribution in [0.25, 0.3) is 6.08 Å². The molecule has 3 rings (SSSR count). The lowest BCUT2D eigenvalue weighted by molar-refractivity contribution is 0.0734. The molecular formula is C23H18O4. The molecule has 0 spiro atoms. The first kappa shape index (κ1) is 18.1. The van der Waals surface area contributed by atoms with Crippen molar-refractivity contribution < 1.29 is 19.1 Å². The Bertz CT molecular complexity index is 974. The Balaban J connectivity index is 1.78. The predicted octanol–water partition coefficient (Wildman–Crippen LogP) is 4.81. The molecule has 0 fully saturated rings. The molecule has 0 saturated heterocycles. The summed E-state index contributed by atoms with van der Waals surface area (Å²) in [5.74, 6) is 0.335. The minimum Gasteiger partial charge on any atom is -0.497 e. The third kappa shape index (κ3) is 4.70. The number of hydrogen-bond acceptors (Lipinski definition) is 4. The van der Waals surface area contributed by atoms with E-state index in [-0.39, 0.29) is 5.78 Å². The fourth-order valence-corrected chi connectivity index (χ4v) is 2.48. The molecule has 4 nitrogen and oxygen atoms in total. The van der Waals surface area contributed by atoms with Gasteiger partial charge in [0.2, 0.25) is 0 Å². The highest BCUT2D eigenvalue weighted by Crippen LogP contribution is 2.22. The molecule has 27 heavy (non-hydrogen) atoms. The topological polar surface area (TPSA) is 52.6 Å². The molecule has 3 aromatic carbocycles. The number of ketones is 1. The second kappa shape index (κ2) is 8.63. The summed E-state index contributed by atoms with van der Waals surface area (Å²) in [6, 6.07) is 22.8. The first-order valence-electron chi connectivity index (χ1n) is 8.40. The Labute approximate surface area is 157 Å². The highest BCUT2D eigenvalue weighted by atomic mass is 16.5. The largest absolute Gasteiger partial charge is 0.497 e. The van der Waals surface area contributed by atoms with E-state index in [1.54, 1.807) is 60.7 Å². The van der Waals surface area contributed by atoms with Crippen LogP contribution in [-0.2, 0) is 0 Å². The Morgan fingerprint density at radius 3 is 2.30 bits per heavy atom. The number of benzene rings is 3. The predicted molar refractivity (Wildman–Crippen MR) is 104 cm³/mol. The molecule has 0 aromatic heterocycles. The monoisotopic (exact) mass is 358 g/mol. The van der Waals surface area contributed by atoms with Crippen LogP contribution in [0.5, 0.6) is 11.5 Å². The van der Waals surface area contributed by atoms with Crippen molar-refractivity contribution in [3.8, 4) is 11.5 Å². The quantitative estimate of drug-likeness (QED) is 0.275. The van der Waals surface area contributed by atoms with E-state index in [0.29, 0.717) is 28.2 Å². The maximum absolute atomic E-state index is 12.4. The van der Waals surface area contributed by atoms with E-state index in [2.05, 4.69) is 0 Å². The van der Waals surface area contributed by atoms with E-state index in [1.165, 1.54) is 13.2 Å².